The zero-order valence-corrected chi connectivity index (χ0v) is 8.47. The molecule has 0 unspecified atom stereocenters. The Balaban J connectivity index is 2.66. The minimum Gasteiger partial charge on any atom is -0.424 e. The number of carbonyl (C=O) groups is 1. The number of hydrogen-bond donors (Lipinski definition) is 0. The zero-order chi connectivity index (χ0) is 9.90. The Morgan fingerprint density at radius 2 is 1.85 bits per heavy atom. The van der Waals surface area contributed by atoms with Gasteiger partial charge in [0.2, 0.25) is 4.33 Å². The van der Waals surface area contributed by atoms with Crippen molar-refractivity contribution in [1.29, 1.82) is 0 Å². The van der Waals surface area contributed by atoms with Crippen LogP contribution < -0.4 is 4.74 Å². The van der Waals surface area contributed by atoms with Gasteiger partial charge in [0, 0.05) is 0 Å². The summed E-state index contributed by atoms with van der Waals surface area (Å²) in [6, 6.07) is 8.62. The lowest BCUT2D eigenvalue weighted by atomic mass is 10.3. The molecule has 1 aromatic carbocycles. The standard InChI is InChI=1S/C9H8Cl2O2/c1-9(10,11)8(12)13-7-5-3-2-4-6-7/h2-6H,1H3. The minimum atomic E-state index is -1.50. The fraction of sp³-hybridized carbons (Fsp3) is 0.222. The van der Waals surface area contributed by atoms with Gasteiger partial charge >= 0.3 is 5.97 Å². The smallest absolute Gasteiger partial charge is 0.347 e. The Morgan fingerprint density at radius 3 is 2.31 bits per heavy atom. The molecule has 0 heterocycles. The molecular formula is C9H8Cl2O2. The van der Waals surface area contributed by atoms with E-state index in [0.717, 1.165) is 0 Å². The van der Waals surface area contributed by atoms with E-state index in [2.05, 4.69) is 0 Å². The van der Waals surface area contributed by atoms with Crippen molar-refractivity contribution >= 4 is 29.2 Å². The third-order valence-electron chi connectivity index (χ3n) is 1.31. The van der Waals surface area contributed by atoms with Crippen molar-refractivity contribution in [1.82, 2.24) is 0 Å². The molecule has 13 heavy (non-hydrogen) atoms. The Hall–Kier alpha value is -0.730. The van der Waals surface area contributed by atoms with Gasteiger partial charge in [0.1, 0.15) is 5.75 Å². The second kappa shape index (κ2) is 3.99. The van der Waals surface area contributed by atoms with Crippen molar-refractivity contribution in [3.63, 3.8) is 0 Å². The molecule has 0 aromatic heterocycles. The van der Waals surface area contributed by atoms with E-state index in [4.69, 9.17) is 27.9 Å². The van der Waals surface area contributed by atoms with Gasteiger partial charge in [-0.2, -0.15) is 0 Å². The highest BCUT2D eigenvalue weighted by atomic mass is 35.5. The van der Waals surface area contributed by atoms with E-state index in [-0.39, 0.29) is 0 Å². The van der Waals surface area contributed by atoms with Gasteiger partial charge in [0.05, 0.1) is 0 Å². The highest BCUT2D eigenvalue weighted by Crippen LogP contribution is 2.22. The molecule has 0 aliphatic carbocycles. The van der Waals surface area contributed by atoms with Gasteiger partial charge in [-0.25, -0.2) is 4.79 Å². The van der Waals surface area contributed by atoms with Gasteiger partial charge in [-0.05, 0) is 19.1 Å². The topological polar surface area (TPSA) is 26.3 Å². The number of para-hydroxylation sites is 1. The molecule has 1 rings (SSSR count). The normalized spacial score (nSPS) is 11.0. The number of ether oxygens (including phenoxy) is 1. The van der Waals surface area contributed by atoms with Crippen molar-refractivity contribution in [2.45, 2.75) is 11.3 Å². The first kappa shape index (κ1) is 10.4. The first-order valence-corrected chi connectivity index (χ1v) is 4.41. The summed E-state index contributed by atoms with van der Waals surface area (Å²) in [6.45, 7) is 1.36. The maximum atomic E-state index is 11.1. The molecule has 4 heteroatoms. The monoisotopic (exact) mass is 218 g/mol. The second-order valence-corrected chi connectivity index (χ2v) is 4.30. The van der Waals surface area contributed by atoms with Crippen molar-refractivity contribution < 1.29 is 9.53 Å². The molecule has 0 radical (unpaired) electrons. The number of carbonyl (C=O) groups excluding carboxylic acids is 1. The molecule has 0 atom stereocenters. The minimum absolute atomic E-state index is 0.431. The highest BCUT2D eigenvalue weighted by Gasteiger charge is 2.29. The predicted octanol–water partition coefficient (Wildman–Crippen LogP) is 2.79. The third kappa shape index (κ3) is 3.25. The van der Waals surface area contributed by atoms with Crippen molar-refractivity contribution in [2.24, 2.45) is 0 Å². The van der Waals surface area contributed by atoms with Gasteiger partial charge in [-0.15, -0.1) is 0 Å². The van der Waals surface area contributed by atoms with E-state index >= 15 is 0 Å². The maximum absolute atomic E-state index is 11.1. The summed E-state index contributed by atoms with van der Waals surface area (Å²) < 4.78 is 3.37. The fourth-order valence-corrected chi connectivity index (χ4v) is 0.762. The summed E-state index contributed by atoms with van der Waals surface area (Å²) in [4.78, 5) is 11.1. The molecule has 0 fully saturated rings. The molecular weight excluding hydrogens is 211 g/mol. The summed E-state index contributed by atoms with van der Waals surface area (Å²) in [6.07, 6.45) is 0. The van der Waals surface area contributed by atoms with Gasteiger partial charge in [-0.1, -0.05) is 41.4 Å². The van der Waals surface area contributed by atoms with Crippen LogP contribution in [0.5, 0.6) is 5.75 Å². The van der Waals surface area contributed by atoms with Crippen LogP contribution in [0.25, 0.3) is 0 Å². The van der Waals surface area contributed by atoms with Crippen LogP contribution in [0.4, 0.5) is 0 Å². The maximum Gasteiger partial charge on any atom is 0.347 e. The van der Waals surface area contributed by atoms with E-state index < -0.39 is 10.3 Å². The lowest BCUT2D eigenvalue weighted by Crippen LogP contribution is -2.27. The molecule has 0 N–H and O–H groups in total. The van der Waals surface area contributed by atoms with E-state index in [1.54, 1.807) is 24.3 Å². The van der Waals surface area contributed by atoms with E-state index in [0.29, 0.717) is 5.75 Å². The summed E-state index contributed by atoms with van der Waals surface area (Å²) in [7, 11) is 0. The van der Waals surface area contributed by atoms with Gasteiger partial charge < -0.3 is 4.74 Å². The number of halogens is 2. The summed E-state index contributed by atoms with van der Waals surface area (Å²) in [5.41, 5.74) is 0. The number of rotatable bonds is 2. The summed E-state index contributed by atoms with van der Waals surface area (Å²) >= 11 is 11.0. The summed E-state index contributed by atoms with van der Waals surface area (Å²) in [5.74, 6) is -0.248. The van der Waals surface area contributed by atoms with Crippen LogP contribution in [-0.2, 0) is 4.79 Å². The molecule has 0 aliphatic rings. The molecule has 0 bridgehead atoms. The first-order valence-electron chi connectivity index (χ1n) is 3.65. The van der Waals surface area contributed by atoms with Gasteiger partial charge in [0.15, 0.2) is 0 Å². The third-order valence-corrected chi connectivity index (χ3v) is 1.62. The lowest BCUT2D eigenvalue weighted by molar-refractivity contribution is -0.134. The zero-order valence-electron chi connectivity index (χ0n) is 6.96. The van der Waals surface area contributed by atoms with Crippen molar-refractivity contribution in [3.8, 4) is 5.75 Å². The van der Waals surface area contributed by atoms with Crippen LogP contribution in [0.15, 0.2) is 30.3 Å². The Bertz CT molecular complexity index is 290. The number of alkyl halides is 2. The van der Waals surface area contributed by atoms with Crippen LogP contribution >= 0.6 is 23.2 Å². The average Bonchev–Trinajstić information content (AvgIpc) is 2.04. The quantitative estimate of drug-likeness (QED) is 0.434. The second-order valence-electron chi connectivity index (χ2n) is 2.59. The fourth-order valence-electron chi connectivity index (χ4n) is 0.685. The Labute approximate surface area is 86.4 Å². The Kier molecular flexibility index (Phi) is 3.17. The summed E-state index contributed by atoms with van der Waals surface area (Å²) in [5, 5.41) is 0. The van der Waals surface area contributed by atoms with Crippen LogP contribution in [0.2, 0.25) is 0 Å². The molecule has 0 saturated heterocycles. The molecule has 0 aliphatic heterocycles. The van der Waals surface area contributed by atoms with Crippen LogP contribution in [0, 0.1) is 0 Å². The van der Waals surface area contributed by atoms with Gasteiger partial charge in [-0.3, -0.25) is 0 Å². The molecule has 2 nitrogen and oxygen atoms in total. The molecule has 1 aromatic rings. The number of hydrogen-bond acceptors (Lipinski definition) is 2. The average molecular weight is 219 g/mol. The van der Waals surface area contributed by atoms with Crippen molar-refractivity contribution in [3.05, 3.63) is 30.3 Å². The Morgan fingerprint density at radius 1 is 1.31 bits per heavy atom. The number of esters is 1. The van der Waals surface area contributed by atoms with E-state index in [9.17, 15) is 4.79 Å². The van der Waals surface area contributed by atoms with Crippen LogP contribution in [0.1, 0.15) is 6.92 Å². The van der Waals surface area contributed by atoms with Crippen LogP contribution in [-0.4, -0.2) is 10.3 Å². The first-order chi connectivity index (χ1) is 6.00. The van der Waals surface area contributed by atoms with Gasteiger partial charge in [0.25, 0.3) is 0 Å². The van der Waals surface area contributed by atoms with E-state index in [1.165, 1.54) is 6.92 Å². The molecule has 0 amide bonds. The number of benzene rings is 1. The lowest BCUT2D eigenvalue weighted by Gasteiger charge is -2.11. The molecule has 70 valence electrons. The van der Waals surface area contributed by atoms with E-state index in [1.807, 2.05) is 6.07 Å². The molecule has 0 spiro atoms. The molecule has 0 saturated carbocycles. The predicted molar refractivity (Wildman–Crippen MR) is 52.2 cm³/mol. The largest absolute Gasteiger partial charge is 0.424 e. The van der Waals surface area contributed by atoms with Crippen LogP contribution in [0.3, 0.4) is 0 Å². The van der Waals surface area contributed by atoms with Crippen molar-refractivity contribution in [2.75, 3.05) is 0 Å². The SMILES string of the molecule is CC(Cl)(Cl)C(=O)Oc1ccccc1. The highest BCUT2D eigenvalue weighted by molar-refractivity contribution is 6.57.